The number of benzene rings is 1. The zero-order valence-corrected chi connectivity index (χ0v) is 15.9. The summed E-state index contributed by atoms with van der Waals surface area (Å²) in [5, 5.41) is 10.7. The SMILES string of the molecule is CCCCOC(=O)c1c(O)c(-c2cccc(C(C)C)c2)cn(CC)c1=O. The van der Waals surface area contributed by atoms with E-state index in [1.54, 1.807) is 6.20 Å². The van der Waals surface area contributed by atoms with Crippen LogP contribution in [0.5, 0.6) is 5.75 Å². The molecule has 5 heteroatoms. The van der Waals surface area contributed by atoms with Gasteiger partial charge in [-0.25, -0.2) is 4.79 Å². The van der Waals surface area contributed by atoms with Crippen molar-refractivity contribution in [1.82, 2.24) is 4.57 Å². The van der Waals surface area contributed by atoms with E-state index in [4.69, 9.17) is 4.74 Å². The van der Waals surface area contributed by atoms with E-state index in [1.165, 1.54) is 4.57 Å². The Morgan fingerprint density at radius 1 is 1.27 bits per heavy atom. The van der Waals surface area contributed by atoms with Crippen LogP contribution in [0, 0.1) is 0 Å². The van der Waals surface area contributed by atoms with Gasteiger partial charge in [-0.15, -0.1) is 0 Å². The fraction of sp³-hybridized carbons (Fsp3) is 0.429. The lowest BCUT2D eigenvalue weighted by molar-refractivity contribution is 0.0493. The Morgan fingerprint density at radius 3 is 2.62 bits per heavy atom. The fourth-order valence-electron chi connectivity index (χ4n) is 2.73. The summed E-state index contributed by atoms with van der Waals surface area (Å²) in [5.41, 5.74) is 1.50. The molecule has 5 nitrogen and oxygen atoms in total. The van der Waals surface area contributed by atoms with Crippen LogP contribution >= 0.6 is 0 Å². The largest absolute Gasteiger partial charge is 0.506 e. The highest BCUT2D eigenvalue weighted by Crippen LogP contribution is 2.32. The molecule has 0 amide bonds. The van der Waals surface area contributed by atoms with Crippen LogP contribution in [0.3, 0.4) is 0 Å². The van der Waals surface area contributed by atoms with Gasteiger partial charge in [0.05, 0.1) is 6.61 Å². The number of aromatic nitrogens is 1. The zero-order chi connectivity index (χ0) is 19.3. The number of aromatic hydroxyl groups is 1. The Balaban J connectivity index is 2.58. The van der Waals surface area contributed by atoms with Crippen LogP contribution in [0.4, 0.5) is 0 Å². The molecule has 0 atom stereocenters. The van der Waals surface area contributed by atoms with Gasteiger partial charge in [0.15, 0.2) is 5.56 Å². The minimum Gasteiger partial charge on any atom is -0.506 e. The Morgan fingerprint density at radius 2 is 2.00 bits per heavy atom. The number of nitrogens with zero attached hydrogens (tertiary/aromatic N) is 1. The van der Waals surface area contributed by atoms with Crippen molar-refractivity contribution in [2.24, 2.45) is 0 Å². The predicted molar refractivity (Wildman–Crippen MR) is 103 cm³/mol. The highest BCUT2D eigenvalue weighted by molar-refractivity contribution is 5.95. The number of rotatable bonds is 7. The van der Waals surface area contributed by atoms with Crippen molar-refractivity contribution in [2.75, 3.05) is 6.61 Å². The second-order valence-corrected chi connectivity index (χ2v) is 6.63. The molecule has 0 bridgehead atoms. The van der Waals surface area contributed by atoms with Crippen LogP contribution in [-0.4, -0.2) is 22.2 Å². The third-order valence-electron chi connectivity index (χ3n) is 4.39. The van der Waals surface area contributed by atoms with Crippen molar-refractivity contribution in [3.63, 3.8) is 0 Å². The van der Waals surface area contributed by atoms with Gasteiger partial charge < -0.3 is 14.4 Å². The first-order chi connectivity index (χ1) is 12.4. The van der Waals surface area contributed by atoms with Gasteiger partial charge in [0, 0.05) is 18.3 Å². The summed E-state index contributed by atoms with van der Waals surface area (Å²) < 4.78 is 6.59. The van der Waals surface area contributed by atoms with E-state index in [0.29, 0.717) is 24.4 Å². The number of hydrogen-bond donors (Lipinski definition) is 1. The maximum atomic E-state index is 12.6. The molecule has 26 heavy (non-hydrogen) atoms. The average molecular weight is 357 g/mol. The Hall–Kier alpha value is -2.56. The Labute approximate surface area is 154 Å². The number of pyridine rings is 1. The van der Waals surface area contributed by atoms with Crippen LogP contribution in [0.1, 0.15) is 62.4 Å². The normalized spacial score (nSPS) is 11.0. The van der Waals surface area contributed by atoms with E-state index >= 15 is 0 Å². The summed E-state index contributed by atoms with van der Waals surface area (Å²) in [6.45, 7) is 8.60. The molecule has 0 aliphatic heterocycles. The summed E-state index contributed by atoms with van der Waals surface area (Å²) in [6, 6.07) is 7.75. The third-order valence-corrected chi connectivity index (χ3v) is 4.39. The van der Waals surface area contributed by atoms with E-state index in [1.807, 2.05) is 38.1 Å². The van der Waals surface area contributed by atoms with Gasteiger partial charge in [0.25, 0.3) is 5.56 Å². The van der Waals surface area contributed by atoms with Gasteiger partial charge >= 0.3 is 5.97 Å². The van der Waals surface area contributed by atoms with Crippen molar-refractivity contribution in [3.05, 3.63) is 51.9 Å². The lowest BCUT2D eigenvalue weighted by atomic mass is 9.97. The zero-order valence-electron chi connectivity index (χ0n) is 15.9. The van der Waals surface area contributed by atoms with E-state index in [9.17, 15) is 14.7 Å². The summed E-state index contributed by atoms with van der Waals surface area (Å²) in [5.74, 6) is -0.764. The molecule has 0 aliphatic rings. The Bertz CT molecular complexity index is 836. The molecule has 1 aromatic carbocycles. The van der Waals surface area contributed by atoms with Crippen molar-refractivity contribution < 1.29 is 14.6 Å². The van der Waals surface area contributed by atoms with Crippen LogP contribution < -0.4 is 5.56 Å². The van der Waals surface area contributed by atoms with E-state index in [2.05, 4.69) is 13.8 Å². The summed E-state index contributed by atoms with van der Waals surface area (Å²) in [7, 11) is 0. The lowest BCUT2D eigenvalue weighted by Gasteiger charge is -2.14. The summed E-state index contributed by atoms with van der Waals surface area (Å²) >= 11 is 0. The van der Waals surface area contributed by atoms with Gasteiger partial charge in [-0.2, -0.15) is 0 Å². The number of carbonyl (C=O) groups excluding carboxylic acids is 1. The number of ether oxygens (including phenoxy) is 1. The van der Waals surface area contributed by atoms with Crippen molar-refractivity contribution in [1.29, 1.82) is 0 Å². The first-order valence-corrected chi connectivity index (χ1v) is 9.14. The standard InChI is InChI=1S/C21H27NO4/c1-5-7-11-26-21(25)18-19(23)17(13-22(6-2)20(18)24)16-10-8-9-15(12-16)14(3)4/h8-10,12-14,23H,5-7,11H2,1-4H3. The van der Waals surface area contributed by atoms with Crippen LogP contribution in [0.25, 0.3) is 11.1 Å². The third kappa shape index (κ3) is 4.15. The minimum atomic E-state index is -0.773. The van der Waals surface area contributed by atoms with Gasteiger partial charge in [-0.1, -0.05) is 51.5 Å². The smallest absolute Gasteiger partial charge is 0.347 e. The Kier molecular flexibility index (Phi) is 6.61. The molecule has 140 valence electrons. The molecular weight excluding hydrogens is 330 g/mol. The van der Waals surface area contributed by atoms with E-state index in [-0.39, 0.29) is 17.9 Å². The molecular formula is C21H27NO4. The molecule has 0 radical (unpaired) electrons. The average Bonchev–Trinajstić information content (AvgIpc) is 2.62. The predicted octanol–water partition coefficient (Wildman–Crippen LogP) is 4.32. The summed E-state index contributed by atoms with van der Waals surface area (Å²) in [4.78, 5) is 24.9. The van der Waals surface area contributed by atoms with Crippen molar-refractivity contribution in [2.45, 2.75) is 53.0 Å². The van der Waals surface area contributed by atoms with Gasteiger partial charge in [0.2, 0.25) is 0 Å². The summed E-state index contributed by atoms with van der Waals surface area (Å²) in [6.07, 6.45) is 3.19. The maximum absolute atomic E-state index is 12.6. The number of aryl methyl sites for hydroxylation is 1. The van der Waals surface area contributed by atoms with Gasteiger partial charge in [-0.3, -0.25) is 4.79 Å². The second kappa shape index (κ2) is 8.70. The van der Waals surface area contributed by atoms with Gasteiger partial charge in [-0.05, 0) is 30.4 Å². The van der Waals surface area contributed by atoms with Crippen LogP contribution in [-0.2, 0) is 11.3 Å². The number of esters is 1. The highest BCUT2D eigenvalue weighted by Gasteiger charge is 2.23. The van der Waals surface area contributed by atoms with Crippen LogP contribution in [0.2, 0.25) is 0 Å². The van der Waals surface area contributed by atoms with Crippen LogP contribution in [0.15, 0.2) is 35.3 Å². The number of hydrogen-bond acceptors (Lipinski definition) is 4. The van der Waals surface area contributed by atoms with Crippen molar-refractivity contribution >= 4 is 5.97 Å². The second-order valence-electron chi connectivity index (χ2n) is 6.63. The molecule has 0 saturated heterocycles. The molecule has 1 heterocycles. The first-order valence-electron chi connectivity index (χ1n) is 9.14. The number of carbonyl (C=O) groups is 1. The molecule has 0 fully saturated rings. The molecule has 0 spiro atoms. The molecule has 0 saturated carbocycles. The lowest BCUT2D eigenvalue weighted by Crippen LogP contribution is -2.27. The molecule has 1 aromatic heterocycles. The monoisotopic (exact) mass is 357 g/mol. The van der Waals surface area contributed by atoms with Gasteiger partial charge in [0.1, 0.15) is 5.75 Å². The minimum absolute atomic E-state index is 0.230. The number of unbranched alkanes of at least 4 members (excludes halogenated alkanes) is 1. The highest BCUT2D eigenvalue weighted by atomic mass is 16.5. The van der Waals surface area contributed by atoms with Crippen molar-refractivity contribution in [3.8, 4) is 16.9 Å². The topological polar surface area (TPSA) is 68.5 Å². The maximum Gasteiger partial charge on any atom is 0.347 e. The molecule has 1 N–H and O–H groups in total. The first kappa shape index (κ1) is 19.8. The molecule has 0 unspecified atom stereocenters. The molecule has 2 rings (SSSR count). The molecule has 2 aromatic rings. The fourth-order valence-corrected chi connectivity index (χ4v) is 2.73. The molecule has 0 aliphatic carbocycles. The quantitative estimate of drug-likeness (QED) is 0.592. The van der Waals surface area contributed by atoms with E-state index in [0.717, 1.165) is 17.5 Å². The van der Waals surface area contributed by atoms with E-state index < -0.39 is 11.5 Å².